The first-order valence-corrected chi connectivity index (χ1v) is 11.0. The predicted octanol–water partition coefficient (Wildman–Crippen LogP) is 2.33. The molecule has 0 spiro atoms. The molecule has 1 saturated carbocycles. The third-order valence-electron chi connectivity index (χ3n) is 5.54. The van der Waals surface area contributed by atoms with Crippen molar-refractivity contribution in [3.05, 3.63) is 29.8 Å². The number of hydrogen-bond donors (Lipinski definition) is 2. The molecule has 1 aromatic rings. The van der Waals surface area contributed by atoms with Crippen LogP contribution in [0.25, 0.3) is 0 Å². The number of carbonyl (C=O) groups is 1. The minimum absolute atomic E-state index is 0.211. The van der Waals surface area contributed by atoms with Crippen molar-refractivity contribution in [2.24, 2.45) is 10.4 Å². The highest BCUT2D eigenvalue weighted by Crippen LogP contribution is 2.38. The molecule has 168 valence electrons. The third kappa shape index (κ3) is 6.90. The Morgan fingerprint density at radius 2 is 1.83 bits per heavy atom. The molecule has 7 heteroatoms. The molecule has 0 aromatic heterocycles. The Hall–Kier alpha value is -2.28. The minimum Gasteiger partial charge on any atom is -0.492 e. The van der Waals surface area contributed by atoms with E-state index in [-0.39, 0.29) is 11.3 Å². The van der Waals surface area contributed by atoms with E-state index >= 15 is 0 Å². The SMILES string of the molecule is CCNC(=NCc1ccccc1OCCN(C)C)NCC1(C(=O)N(C)C)CCCC1. The molecule has 0 bridgehead atoms. The topological polar surface area (TPSA) is 69.2 Å². The molecule has 0 atom stereocenters. The number of amides is 1. The lowest BCUT2D eigenvalue weighted by Crippen LogP contribution is -2.49. The molecule has 0 unspecified atom stereocenters. The van der Waals surface area contributed by atoms with E-state index in [0.29, 0.717) is 19.7 Å². The number of guanidine groups is 1. The fourth-order valence-corrected chi connectivity index (χ4v) is 3.86. The highest BCUT2D eigenvalue weighted by Gasteiger charge is 2.42. The zero-order valence-corrected chi connectivity index (χ0v) is 19.3. The molecule has 1 aliphatic carbocycles. The maximum Gasteiger partial charge on any atom is 0.230 e. The van der Waals surface area contributed by atoms with Gasteiger partial charge in [-0.15, -0.1) is 0 Å². The molecule has 0 aliphatic heterocycles. The molecule has 0 heterocycles. The second-order valence-corrected chi connectivity index (χ2v) is 8.50. The summed E-state index contributed by atoms with van der Waals surface area (Å²) in [5.74, 6) is 1.82. The normalized spacial score (nSPS) is 15.9. The zero-order chi connectivity index (χ0) is 22.0. The van der Waals surface area contributed by atoms with Crippen LogP contribution in [0.2, 0.25) is 0 Å². The van der Waals surface area contributed by atoms with Crippen molar-refractivity contribution in [3.63, 3.8) is 0 Å². The number of ether oxygens (including phenoxy) is 1. The van der Waals surface area contributed by atoms with Gasteiger partial charge in [0.1, 0.15) is 12.4 Å². The van der Waals surface area contributed by atoms with Gasteiger partial charge in [-0.2, -0.15) is 0 Å². The first kappa shape index (κ1) is 24.0. The molecule has 0 radical (unpaired) electrons. The van der Waals surface area contributed by atoms with E-state index in [1.165, 1.54) is 0 Å². The summed E-state index contributed by atoms with van der Waals surface area (Å²) in [6, 6.07) is 8.03. The van der Waals surface area contributed by atoms with E-state index in [0.717, 1.165) is 56.0 Å². The molecule has 1 amide bonds. The number of nitrogens with one attached hydrogen (secondary N) is 2. The van der Waals surface area contributed by atoms with Crippen LogP contribution in [0, 0.1) is 5.41 Å². The van der Waals surface area contributed by atoms with Crippen LogP contribution in [-0.2, 0) is 11.3 Å². The van der Waals surface area contributed by atoms with Crippen LogP contribution in [0.1, 0.15) is 38.2 Å². The summed E-state index contributed by atoms with van der Waals surface area (Å²) in [7, 11) is 7.75. The molecular weight excluding hydrogens is 378 g/mol. The number of rotatable bonds is 10. The van der Waals surface area contributed by atoms with Crippen LogP contribution in [0.15, 0.2) is 29.3 Å². The standard InChI is InChI=1S/C23H39N5O2/c1-6-24-22(26-18-23(13-9-10-14-23)21(29)28(4)5)25-17-19-11-7-8-12-20(19)30-16-15-27(2)3/h7-8,11-12H,6,9-10,13-18H2,1-5H3,(H2,24,25,26). The van der Waals surface area contributed by atoms with E-state index in [9.17, 15) is 4.79 Å². The van der Waals surface area contributed by atoms with E-state index < -0.39 is 0 Å². The molecule has 2 N–H and O–H groups in total. The molecule has 1 aliphatic rings. The lowest BCUT2D eigenvalue weighted by Gasteiger charge is -2.31. The second kappa shape index (κ2) is 11.8. The monoisotopic (exact) mass is 417 g/mol. The van der Waals surface area contributed by atoms with Crippen LogP contribution in [0.5, 0.6) is 5.75 Å². The van der Waals surface area contributed by atoms with Crippen LogP contribution < -0.4 is 15.4 Å². The van der Waals surface area contributed by atoms with Gasteiger partial charge < -0.3 is 25.2 Å². The van der Waals surface area contributed by atoms with Gasteiger partial charge in [-0.3, -0.25) is 4.79 Å². The molecule has 0 saturated heterocycles. The van der Waals surface area contributed by atoms with Crippen LogP contribution in [0.3, 0.4) is 0 Å². The average Bonchev–Trinajstić information content (AvgIpc) is 3.20. The quantitative estimate of drug-likeness (QED) is 0.452. The minimum atomic E-state index is -0.326. The van der Waals surface area contributed by atoms with Gasteiger partial charge in [0.25, 0.3) is 0 Å². The fourth-order valence-electron chi connectivity index (χ4n) is 3.86. The van der Waals surface area contributed by atoms with Gasteiger partial charge in [0.05, 0.1) is 12.0 Å². The number of benzene rings is 1. The maximum absolute atomic E-state index is 12.8. The highest BCUT2D eigenvalue weighted by atomic mass is 16.5. The lowest BCUT2D eigenvalue weighted by molar-refractivity contribution is -0.138. The largest absolute Gasteiger partial charge is 0.492 e. The molecule has 30 heavy (non-hydrogen) atoms. The molecule has 2 rings (SSSR count). The molecule has 1 aromatic carbocycles. The molecular formula is C23H39N5O2. The van der Waals surface area contributed by atoms with Crippen LogP contribution >= 0.6 is 0 Å². The summed E-state index contributed by atoms with van der Waals surface area (Å²) in [4.78, 5) is 21.4. The van der Waals surface area contributed by atoms with E-state index in [4.69, 9.17) is 9.73 Å². The lowest BCUT2D eigenvalue weighted by atomic mass is 9.84. The highest BCUT2D eigenvalue weighted by molar-refractivity contribution is 5.85. The summed E-state index contributed by atoms with van der Waals surface area (Å²) in [6.07, 6.45) is 4.07. The molecule has 7 nitrogen and oxygen atoms in total. The van der Waals surface area contributed by atoms with Gasteiger partial charge in [-0.25, -0.2) is 4.99 Å². The first-order chi connectivity index (χ1) is 14.4. The predicted molar refractivity (Wildman–Crippen MR) is 123 cm³/mol. The summed E-state index contributed by atoms with van der Waals surface area (Å²) in [5.41, 5.74) is 0.723. The van der Waals surface area contributed by atoms with Crippen molar-refractivity contribution in [3.8, 4) is 5.75 Å². The Kier molecular flexibility index (Phi) is 9.43. The number of likely N-dealkylation sites (N-methyl/N-ethyl adjacent to an activating group) is 1. The first-order valence-electron chi connectivity index (χ1n) is 11.0. The Balaban J connectivity index is 2.05. The molecule has 1 fully saturated rings. The number of carbonyl (C=O) groups excluding carboxylic acids is 1. The van der Waals surface area contributed by atoms with Crippen LogP contribution in [-0.4, -0.2) is 76.1 Å². The van der Waals surface area contributed by atoms with Crippen molar-refractivity contribution in [1.82, 2.24) is 20.4 Å². The van der Waals surface area contributed by atoms with Crippen molar-refractivity contribution >= 4 is 11.9 Å². The Morgan fingerprint density at radius 1 is 1.13 bits per heavy atom. The van der Waals surface area contributed by atoms with E-state index in [1.807, 2.05) is 59.4 Å². The Bertz CT molecular complexity index is 697. The fraction of sp³-hybridized carbons (Fsp3) is 0.652. The summed E-state index contributed by atoms with van der Waals surface area (Å²) in [5, 5.41) is 6.74. The number of para-hydroxylation sites is 1. The van der Waals surface area contributed by atoms with Gasteiger partial charge in [0.2, 0.25) is 5.91 Å². The summed E-state index contributed by atoms with van der Waals surface area (Å²) >= 11 is 0. The van der Waals surface area contributed by atoms with Gasteiger partial charge in [0.15, 0.2) is 5.96 Å². The third-order valence-corrected chi connectivity index (χ3v) is 5.54. The van der Waals surface area contributed by atoms with Gasteiger partial charge in [0, 0.05) is 39.3 Å². The Morgan fingerprint density at radius 3 is 2.47 bits per heavy atom. The van der Waals surface area contributed by atoms with E-state index in [2.05, 4.69) is 15.5 Å². The average molecular weight is 418 g/mol. The van der Waals surface area contributed by atoms with Gasteiger partial charge >= 0.3 is 0 Å². The van der Waals surface area contributed by atoms with Crippen molar-refractivity contribution in [1.29, 1.82) is 0 Å². The number of nitrogens with zero attached hydrogens (tertiary/aromatic N) is 3. The van der Waals surface area contributed by atoms with Gasteiger partial charge in [-0.1, -0.05) is 31.0 Å². The van der Waals surface area contributed by atoms with Gasteiger partial charge in [-0.05, 0) is 39.9 Å². The second-order valence-electron chi connectivity index (χ2n) is 8.50. The number of hydrogen-bond acceptors (Lipinski definition) is 4. The summed E-state index contributed by atoms with van der Waals surface area (Å²) < 4.78 is 5.95. The number of aliphatic imine (C=N–C) groups is 1. The smallest absolute Gasteiger partial charge is 0.230 e. The van der Waals surface area contributed by atoms with Crippen LogP contribution in [0.4, 0.5) is 0 Å². The zero-order valence-electron chi connectivity index (χ0n) is 19.3. The van der Waals surface area contributed by atoms with Crippen molar-refractivity contribution < 1.29 is 9.53 Å². The maximum atomic E-state index is 12.8. The van der Waals surface area contributed by atoms with Crippen molar-refractivity contribution in [2.75, 3.05) is 54.4 Å². The van der Waals surface area contributed by atoms with E-state index in [1.54, 1.807) is 4.90 Å². The van der Waals surface area contributed by atoms with Crippen molar-refractivity contribution in [2.45, 2.75) is 39.2 Å². The summed E-state index contributed by atoms with van der Waals surface area (Å²) in [6.45, 7) is 5.44. The Labute approximate surface area is 181 Å².